The van der Waals surface area contributed by atoms with Crippen LogP contribution in [-0.4, -0.2) is 33.7 Å². The van der Waals surface area contributed by atoms with Crippen LogP contribution >= 0.6 is 12.4 Å². The van der Waals surface area contributed by atoms with Gasteiger partial charge in [-0.3, -0.25) is 9.52 Å². The van der Waals surface area contributed by atoms with E-state index in [0.29, 0.717) is 24.3 Å². The number of carbonyl (C=O) groups is 1. The number of halogens is 1. The molecule has 1 aromatic rings. The second-order valence-corrected chi connectivity index (χ2v) is 6.79. The third-order valence-corrected chi connectivity index (χ3v) is 4.35. The molecule has 1 amide bonds. The molecule has 1 unspecified atom stereocenters. The van der Waals surface area contributed by atoms with E-state index in [-0.39, 0.29) is 30.0 Å². The Morgan fingerprint density at radius 1 is 1.18 bits per heavy atom. The Morgan fingerprint density at radius 3 is 2.23 bits per heavy atom. The summed E-state index contributed by atoms with van der Waals surface area (Å²) >= 11 is 0. The zero-order chi connectivity index (χ0) is 15.9. The minimum Gasteiger partial charge on any atom is -0.326 e. The van der Waals surface area contributed by atoms with E-state index < -0.39 is 10.0 Å². The molecule has 6 nitrogen and oxygen atoms in total. The molecule has 0 spiro atoms. The third kappa shape index (κ3) is 7.11. The molecule has 0 aromatic heterocycles. The fourth-order valence-electron chi connectivity index (χ4n) is 1.79. The molecule has 3 N–H and O–H groups in total. The van der Waals surface area contributed by atoms with Gasteiger partial charge in [0.05, 0.1) is 5.75 Å². The van der Waals surface area contributed by atoms with E-state index >= 15 is 0 Å². The quantitative estimate of drug-likeness (QED) is 0.670. The number of nitrogens with one attached hydrogen (secondary N) is 3. The molecular weight excluding hydrogens is 326 g/mol. The highest BCUT2D eigenvalue weighted by Gasteiger charge is 2.12. The van der Waals surface area contributed by atoms with Crippen LogP contribution in [0.15, 0.2) is 24.3 Å². The van der Waals surface area contributed by atoms with E-state index in [1.54, 1.807) is 31.3 Å². The lowest BCUT2D eigenvalue weighted by Crippen LogP contribution is -2.28. The van der Waals surface area contributed by atoms with E-state index in [2.05, 4.69) is 15.4 Å². The van der Waals surface area contributed by atoms with Gasteiger partial charge in [0.2, 0.25) is 15.9 Å². The Balaban J connectivity index is 0.00000441. The summed E-state index contributed by atoms with van der Waals surface area (Å²) in [6.45, 7) is 4.24. The van der Waals surface area contributed by atoms with Crippen LogP contribution in [0.5, 0.6) is 0 Å². The molecule has 1 atom stereocenters. The summed E-state index contributed by atoms with van der Waals surface area (Å²) in [5, 5.41) is 5.73. The Hall–Kier alpha value is -1.31. The summed E-state index contributed by atoms with van der Waals surface area (Å²) in [6.07, 6.45) is 0.562. The SMILES string of the molecule is CCCS(=O)(=O)Nc1ccc(NC(=O)C(C)CNC)cc1.Cl. The summed E-state index contributed by atoms with van der Waals surface area (Å²) in [5.74, 6) is -0.131. The first-order chi connectivity index (χ1) is 9.88. The number of hydrogen-bond donors (Lipinski definition) is 3. The highest BCUT2D eigenvalue weighted by Crippen LogP contribution is 2.15. The summed E-state index contributed by atoms with van der Waals surface area (Å²) in [4.78, 5) is 11.8. The van der Waals surface area contributed by atoms with E-state index in [0.717, 1.165) is 0 Å². The number of anilines is 2. The molecule has 0 fully saturated rings. The van der Waals surface area contributed by atoms with Gasteiger partial charge in [0, 0.05) is 23.8 Å². The number of carbonyl (C=O) groups excluding carboxylic acids is 1. The molecule has 0 saturated carbocycles. The Bertz CT molecular complexity index is 561. The van der Waals surface area contributed by atoms with Crippen LogP contribution in [0.4, 0.5) is 11.4 Å². The van der Waals surface area contributed by atoms with Crippen molar-refractivity contribution in [2.45, 2.75) is 20.3 Å². The number of benzene rings is 1. The lowest BCUT2D eigenvalue weighted by Gasteiger charge is -2.12. The number of amides is 1. The molecule has 0 radical (unpaired) electrons. The summed E-state index contributed by atoms with van der Waals surface area (Å²) in [6, 6.07) is 6.61. The Labute approximate surface area is 138 Å². The summed E-state index contributed by atoms with van der Waals surface area (Å²) in [5.41, 5.74) is 1.13. The highest BCUT2D eigenvalue weighted by molar-refractivity contribution is 7.92. The van der Waals surface area contributed by atoms with Gasteiger partial charge in [0.25, 0.3) is 0 Å². The average Bonchev–Trinajstić information content (AvgIpc) is 2.40. The van der Waals surface area contributed by atoms with Crippen LogP contribution in [0.3, 0.4) is 0 Å². The molecule has 1 rings (SSSR count). The van der Waals surface area contributed by atoms with Crippen LogP contribution in [0.2, 0.25) is 0 Å². The van der Waals surface area contributed by atoms with Gasteiger partial charge in [-0.05, 0) is 37.7 Å². The summed E-state index contributed by atoms with van der Waals surface area (Å²) in [7, 11) is -1.49. The first-order valence-corrected chi connectivity index (χ1v) is 8.59. The lowest BCUT2D eigenvalue weighted by atomic mass is 10.1. The van der Waals surface area contributed by atoms with Gasteiger partial charge >= 0.3 is 0 Å². The maximum Gasteiger partial charge on any atom is 0.232 e. The summed E-state index contributed by atoms with van der Waals surface area (Å²) < 4.78 is 25.8. The van der Waals surface area contributed by atoms with Crippen molar-refractivity contribution in [3.63, 3.8) is 0 Å². The van der Waals surface area contributed by atoms with Crippen molar-refractivity contribution in [3.05, 3.63) is 24.3 Å². The van der Waals surface area contributed by atoms with Crippen LogP contribution < -0.4 is 15.4 Å². The Kier molecular flexibility index (Phi) is 9.08. The number of sulfonamides is 1. The van der Waals surface area contributed by atoms with E-state index in [4.69, 9.17) is 0 Å². The number of rotatable bonds is 8. The Morgan fingerprint density at radius 2 is 1.73 bits per heavy atom. The van der Waals surface area contributed by atoms with E-state index in [1.807, 2.05) is 13.8 Å². The van der Waals surface area contributed by atoms with Crippen molar-refractivity contribution in [3.8, 4) is 0 Å². The zero-order valence-corrected chi connectivity index (χ0v) is 14.7. The molecule has 22 heavy (non-hydrogen) atoms. The van der Waals surface area contributed by atoms with Crippen LogP contribution in [0, 0.1) is 5.92 Å². The van der Waals surface area contributed by atoms with Gasteiger partial charge in [0.1, 0.15) is 0 Å². The van der Waals surface area contributed by atoms with Gasteiger partial charge in [-0.2, -0.15) is 0 Å². The molecule has 126 valence electrons. The molecule has 0 bridgehead atoms. The predicted octanol–water partition coefficient (Wildman–Crippen LogP) is 2.05. The van der Waals surface area contributed by atoms with Gasteiger partial charge in [-0.25, -0.2) is 8.42 Å². The highest BCUT2D eigenvalue weighted by atomic mass is 35.5. The lowest BCUT2D eigenvalue weighted by molar-refractivity contribution is -0.119. The van der Waals surface area contributed by atoms with Crippen LogP contribution in [-0.2, 0) is 14.8 Å². The maximum absolute atomic E-state index is 11.8. The van der Waals surface area contributed by atoms with Crippen molar-refractivity contribution in [2.75, 3.05) is 29.4 Å². The molecule has 0 aliphatic heterocycles. The zero-order valence-electron chi connectivity index (χ0n) is 13.0. The van der Waals surface area contributed by atoms with Gasteiger partial charge in [-0.15, -0.1) is 12.4 Å². The second-order valence-electron chi connectivity index (χ2n) is 4.95. The maximum atomic E-state index is 11.8. The fraction of sp³-hybridized carbons (Fsp3) is 0.500. The third-order valence-electron chi connectivity index (χ3n) is 2.86. The normalized spacial score (nSPS) is 12.1. The monoisotopic (exact) mass is 349 g/mol. The van der Waals surface area contributed by atoms with Crippen LogP contribution in [0.1, 0.15) is 20.3 Å². The first-order valence-electron chi connectivity index (χ1n) is 6.94. The molecule has 8 heteroatoms. The van der Waals surface area contributed by atoms with Crippen molar-refractivity contribution in [1.29, 1.82) is 0 Å². The van der Waals surface area contributed by atoms with E-state index in [9.17, 15) is 13.2 Å². The molecule has 0 aliphatic rings. The van der Waals surface area contributed by atoms with Crippen molar-refractivity contribution >= 4 is 39.7 Å². The number of hydrogen-bond acceptors (Lipinski definition) is 4. The molecule has 0 saturated heterocycles. The second kappa shape index (κ2) is 9.66. The van der Waals surface area contributed by atoms with Gasteiger partial charge in [-0.1, -0.05) is 13.8 Å². The fourth-order valence-corrected chi connectivity index (χ4v) is 2.92. The first kappa shape index (κ1) is 20.7. The van der Waals surface area contributed by atoms with Crippen molar-refractivity contribution < 1.29 is 13.2 Å². The smallest absolute Gasteiger partial charge is 0.232 e. The molecular formula is C14H24ClN3O3S. The molecule has 1 aromatic carbocycles. The van der Waals surface area contributed by atoms with Crippen LogP contribution in [0.25, 0.3) is 0 Å². The standard InChI is InChI=1S/C14H23N3O3S.ClH/c1-4-9-21(19,20)17-13-7-5-12(6-8-13)16-14(18)11(2)10-15-3;/h5-8,11,15,17H,4,9-10H2,1-3H3,(H,16,18);1H. The minimum absolute atomic E-state index is 0. The average molecular weight is 350 g/mol. The van der Waals surface area contributed by atoms with Crippen molar-refractivity contribution in [1.82, 2.24) is 5.32 Å². The predicted molar refractivity (Wildman–Crippen MR) is 93.1 cm³/mol. The van der Waals surface area contributed by atoms with Gasteiger partial charge in [0.15, 0.2) is 0 Å². The topological polar surface area (TPSA) is 87.3 Å². The molecule has 0 aliphatic carbocycles. The minimum atomic E-state index is -3.29. The van der Waals surface area contributed by atoms with Crippen molar-refractivity contribution in [2.24, 2.45) is 5.92 Å². The molecule has 0 heterocycles. The van der Waals surface area contributed by atoms with E-state index in [1.165, 1.54) is 0 Å². The van der Waals surface area contributed by atoms with Gasteiger partial charge < -0.3 is 10.6 Å². The largest absolute Gasteiger partial charge is 0.326 e.